The van der Waals surface area contributed by atoms with E-state index in [0.29, 0.717) is 18.1 Å². The molecule has 0 aliphatic heterocycles. The third-order valence-corrected chi connectivity index (χ3v) is 3.52. The second kappa shape index (κ2) is 9.05. The van der Waals surface area contributed by atoms with Gasteiger partial charge in [-0.3, -0.25) is 0 Å². The lowest BCUT2D eigenvalue weighted by Gasteiger charge is -2.08. The first-order valence-corrected chi connectivity index (χ1v) is 8.20. The van der Waals surface area contributed by atoms with E-state index in [1.165, 1.54) is 23.4 Å². The van der Waals surface area contributed by atoms with Gasteiger partial charge in [-0.25, -0.2) is 19.9 Å². The highest BCUT2D eigenvalue weighted by Gasteiger charge is 2.26. The molecule has 0 radical (unpaired) electrons. The summed E-state index contributed by atoms with van der Waals surface area (Å²) < 4.78 is 36.2. The van der Waals surface area contributed by atoms with Crippen LogP contribution >= 0.6 is 11.8 Å². The molecule has 136 valence electrons. The van der Waals surface area contributed by atoms with Crippen LogP contribution in [-0.2, 0) is 5.75 Å². The second-order valence-electron chi connectivity index (χ2n) is 4.60. The number of anilines is 1. The van der Waals surface area contributed by atoms with Crippen molar-refractivity contribution in [2.45, 2.75) is 11.9 Å². The summed E-state index contributed by atoms with van der Waals surface area (Å²) in [4.78, 5) is 16.8. The van der Waals surface area contributed by atoms with Gasteiger partial charge in [0.05, 0.1) is 5.75 Å². The molecular weight excluding hydrogens is 359 g/mol. The van der Waals surface area contributed by atoms with Gasteiger partial charge in [-0.1, -0.05) is 0 Å². The number of nitrogens with two attached hydrogens (primary N) is 1. The van der Waals surface area contributed by atoms with Crippen molar-refractivity contribution in [3.05, 3.63) is 30.7 Å². The predicted molar refractivity (Wildman–Crippen MR) is 88.6 cm³/mol. The van der Waals surface area contributed by atoms with Crippen molar-refractivity contribution in [2.24, 2.45) is 10.7 Å². The first-order valence-electron chi connectivity index (χ1n) is 7.04. The summed E-state index contributed by atoms with van der Waals surface area (Å²) in [5, 5.41) is 6.41. The van der Waals surface area contributed by atoms with Gasteiger partial charge < -0.3 is 16.5 Å². The first kappa shape index (κ1) is 18.8. The fraction of sp³-hybridized carbons (Fsp3) is 0.417. The molecule has 0 spiro atoms. The van der Waals surface area contributed by atoms with Crippen LogP contribution in [0.1, 0.15) is 5.82 Å². The van der Waals surface area contributed by atoms with Gasteiger partial charge >= 0.3 is 6.18 Å². The van der Waals surface area contributed by atoms with Crippen LogP contribution in [0.25, 0.3) is 0 Å². The van der Waals surface area contributed by atoms with E-state index in [1.807, 2.05) is 0 Å². The fourth-order valence-electron chi connectivity index (χ4n) is 1.57. The van der Waals surface area contributed by atoms with Gasteiger partial charge in [0.15, 0.2) is 5.96 Å². The molecule has 2 aromatic rings. The minimum Gasteiger partial charge on any atom is -0.370 e. The molecular formula is C12H16F3N9S. The lowest BCUT2D eigenvalue weighted by atomic mass is 10.5. The van der Waals surface area contributed by atoms with Crippen LogP contribution in [0.15, 0.2) is 29.9 Å². The average molecular weight is 375 g/mol. The molecule has 0 bridgehead atoms. The van der Waals surface area contributed by atoms with Gasteiger partial charge in [-0.2, -0.15) is 29.7 Å². The maximum Gasteiger partial charge on any atom is 0.408 e. The van der Waals surface area contributed by atoms with Crippen LogP contribution in [0, 0.1) is 0 Å². The summed E-state index contributed by atoms with van der Waals surface area (Å²) in [7, 11) is 0. The highest BCUT2D eigenvalue weighted by Crippen LogP contribution is 2.14. The van der Waals surface area contributed by atoms with Crippen LogP contribution in [0.5, 0.6) is 0 Å². The van der Waals surface area contributed by atoms with Crippen molar-refractivity contribution in [1.82, 2.24) is 24.8 Å². The molecule has 2 aromatic heterocycles. The Labute approximate surface area is 145 Å². The van der Waals surface area contributed by atoms with E-state index in [-0.39, 0.29) is 11.8 Å². The summed E-state index contributed by atoms with van der Waals surface area (Å²) in [5.41, 5.74) is 8.42. The molecule has 13 heteroatoms. The zero-order chi connectivity index (χ0) is 18.1. The van der Waals surface area contributed by atoms with E-state index < -0.39 is 12.7 Å². The van der Waals surface area contributed by atoms with E-state index in [9.17, 15) is 13.2 Å². The fourth-order valence-corrected chi connectivity index (χ4v) is 2.27. The smallest absolute Gasteiger partial charge is 0.370 e. The van der Waals surface area contributed by atoms with Gasteiger partial charge in [0.1, 0.15) is 30.8 Å². The van der Waals surface area contributed by atoms with Crippen molar-refractivity contribution in [3.63, 3.8) is 0 Å². The van der Waals surface area contributed by atoms with Crippen LogP contribution in [0.4, 0.5) is 19.0 Å². The lowest BCUT2D eigenvalue weighted by Crippen LogP contribution is -2.26. The predicted octanol–water partition coefficient (Wildman–Crippen LogP) is 0.834. The Kier molecular flexibility index (Phi) is 6.80. The monoisotopic (exact) mass is 375 g/mol. The van der Waals surface area contributed by atoms with Crippen molar-refractivity contribution < 1.29 is 13.2 Å². The zero-order valence-corrected chi connectivity index (χ0v) is 13.8. The van der Waals surface area contributed by atoms with Crippen molar-refractivity contribution in [1.29, 1.82) is 0 Å². The first-order chi connectivity index (χ1) is 11.9. The number of hydrogen-bond donors (Lipinski definition) is 3. The topological polar surface area (TPSA) is 119 Å². The number of halogens is 3. The van der Waals surface area contributed by atoms with E-state index in [0.717, 1.165) is 5.75 Å². The highest BCUT2D eigenvalue weighted by molar-refractivity contribution is 7.98. The van der Waals surface area contributed by atoms with E-state index in [1.54, 1.807) is 18.1 Å². The van der Waals surface area contributed by atoms with Gasteiger partial charge in [0.25, 0.3) is 0 Å². The molecule has 0 aromatic carbocycles. The number of thioether (sulfide) groups is 1. The molecule has 4 N–H and O–H groups in total. The molecule has 0 saturated carbocycles. The second-order valence-corrected chi connectivity index (χ2v) is 5.71. The normalized spacial score (nSPS) is 12.2. The molecule has 0 amide bonds. The van der Waals surface area contributed by atoms with Gasteiger partial charge in [-0.15, -0.1) is 5.10 Å². The maximum absolute atomic E-state index is 12.1. The molecule has 25 heavy (non-hydrogen) atoms. The highest BCUT2D eigenvalue weighted by atomic mass is 32.2. The number of aliphatic imine (C=N–C) groups is 1. The third kappa shape index (κ3) is 7.69. The van der Waals surface area contributed by atoms with Gasteiger partial charge in [-0.05, 0) is 6.07 Å². The molecule has 0 fully saturated rings. The largest absolute Gasteiger partial charge is 0.408 e. The minimum atomic E-state index is -4.40. The summed E-state index contributed by atoms with van der Waals surface area (Å²) in [5.74, 6) is 1.77. The molecule has 9 nitrogen and oxygen atoms in total. The van der Waals surface area contributed by atoms with E-state index in [2.05, 4.69) is 35.8 Å². The van der Waals surface area contributed by atoms with Gasteiger partial charge in [0.2, 0.25) is 0 Å². The number of aromatic nitrogens is 5. The van der Waals surface area contributed by atoms with Crippen molar-refractivity contribution >= 4 is 23.5 Å². The Morgan fingerprint density at radius 3 is 2.96 bits per heavy atom. The Bertz CT molecular complexity index is 675. The summed E-state index contributed by atoms with van der Waals surface area (Å²) in [6, 6.07) is 1.50. The maximum atomic E-state index is 12.1. The molecule has 2 rings (SSSR count). The SMILES string of the molecule is NC(=NCC(F)(F)F)Nc1ccnc(CSCCNn2cncn2)n1. The van der Waals surface area contributed by atoms with Gasteiger partial charge in [0, 0.05) is 18.5 Å². The quantitative estimate of drug-likeness (QED) is 0.353. The van der Waals surface area contributed by atoms with E-state index in [4.69, 9.17) is 5.73 Å². The molecule has 0 aliphatic carbocycles. The molecule has 0 unspecified atom stereocenters. The number of nitrogens with one attached hydrogen (secondary N) is 2. The molecule has 0 aliphatic rings. The number of nitrogens with zero attached hydrogens (tertiary/aromatic N) is 6. The number of guanidine groups is 1. The van der Waals surface area contributed by atoms with E-state index >= 15 is 0 Å². The molecule has 2 heterocycles. The number of alkyl halides is 3. The molecule has 0 atom stereocenters. The standard InChI is InChI=1S/C12H16F3N9S/c13-12(14,15)6-19-11(16)23-9-1-2-18-10(22-9)5-25-4-3-20-24-8-17-7-21-24/h1-2,7-8,20H,3-6H2,(H3,16,18,19,22,23). The Morgan fingerprint density at radius 1 is 1.40 bits per heavy atom. The number of hydrogen-bond acceptors (Lipinski definition) is 7. The summed E-state index contributed by atoms with van der Waals surface area (Å²) in [6.07, 6.45) is 0.0693. The third-order valence-electron chi connectivity index (χ3n) is 2.56. The Balaban J connectivity index is 1.74. The molecule has 0 saturated heterocycles. The zero-order valence-electron chi connectivity index (χ0n) is 12.9. The minimum absolute atomic E-state index is 0.287. The van der Waals surface area contributed by atoms with Crippen LogP contribution in [0.3, 0.4) is 0 Å². The Hall–Kier alpha value is -2.57. The summed E-state index contributed by atoms with van der Waals surface area (Å²) >= 11 is 1.58. The number of rotatable bonds is 8. The van der Waals surface area contributed by atoms with Crippen LogP contribution in [-0.4, -0.2) is 55.8 Å². The lowest BCUT2D eigenvalue weighted by molar-refractivity contribution is -0.118. The van der Waals surface area contributed by atoms with Crippen molar-refractivity contribution in [3.8, 4) is 0 Å². The van der Waals surface area contributed by atoms with Crippen LogP contribution < -0.4 is 16.5 Å². The summed E-state index contributed by atoms with van der Waals surface area (Å²) in [6.45, 7) is -0.679. The Morgan fingerprint density at radius 2 is 2.24 bits per heavy atom. The van der Waals surface area contributed by atoms with Crippen molar-refractivity contribution in [2.75, 3.05) is 29.6 Å². The van der Waals surface area contributed by atoms with Crippen LogP contribution in [0.2, 0.25) is 0 Å². The average Bonchev–Trinajstić information content (AvgIpc) is 3.06.